The first-order valence-corrected chi connectivity index (χ1v) is 6.04. The SMILES string of the molecule is Cc1ccc(-c2nn(CCBr)c(=O)o2)cc1. The Labute approximate surface area is 101 Å². The molecule has 4 nitrogen and oxygen atoms in total. The van der Waals surface area contributed by atoms with E-state index in [1.807, 2.05) is 31.2 Å². The molecule has 0 amide bonds. The lowest BCUT2D eigenvalue weighted by Gasteiger charge is -1.95. The molecule has 0 aliphatic rings. The number of hydrogen-bond donors (Lipinski definition) is 0. The van der Waals surface area contributed by atoms with Gasteiger partial charge >= 0.3 is 5.76 Å². The molecule has 0 aliphatic heterocycles. The Morgan fingerprint density at radius 1 is 1.38 bits per heavy atom. The van der Waals surface area contributed by atoms with Gasteiger partial charge < -0.3 is 4.42 Å². The summed E-state index contributed by atoms with van der Waals surface area (Å²) in [7, 11) is 0. The maximum atomic E-state index is 11.4. The van der Waals surface area contributed by atoms with E-state index in [1.165, 1.54) is 4.68 Å². The summed E-state index contributed by atoms with van der Waals surface area (Å²) in [4.78, 5) is 11.4. The van der Waals surface area contributed by atoms with Gasteiger partial charge in [0.1, 0.15) is 0 Å². The van der Waals surface area contributed by atoms with Crippen LogP contribution >= 0.6 is 15.9 Å². The van der Waals surface area contributed by atoms with E-state index in [0.717, 1.165) is 11.1 Å². The lowest BCUT2D eigenvalue weighted by Crippen LogP contribution is -2.16. The Bertz CT molecular complexity index is 528. The second-order valence-electron chi connectivity index (χ2n) is 3.45. The average molecular weight is 283 g/mol. The number of benzene rings is 1. The second-order valence-corrected chi connectivity index (χ2v) is 4.24. The first kappa shape index (κ1) is 11.1. The van der Waals surface area contributed by atoms with Gasteiger partial charge in [-0.2, -0.15) is 4.68 Å². The van der Waals surface area contributed by atoms with E-state index < -0.39 is 5.76 Å². The Hall–Kier alpha value is -1.36. The topological polar surface area (TPSA) is 48.0 Å². The quantitative estimate of drug-likeness (QED) is 0.811. The molecule has 1 aromatic carbocycles. The summed E-state index contributed by atoms with van der Waals surface area (Å²) in [6.07, 6.45) is 0. The van der Waals surface area contributed by atoms with E-state index in [4.69, 9.17) is 4.42 Å². The van der Waals surface area contributed by atoms with Gasteiger partial charge in [-0.1, -0.05) is 33.6 Å². The third-order valence-electron chi connectivity index (χ3n) is 2.20. The normalized spacial score (nSPS) is 10.6. The standard InChI is InChI=1S/C11H11BrN2O2/c1-8-2-4-9(5-3-8)10-13-14(7-6-12)11(15)16-10/h2-5H,6-7H2,1H3. The number of aromatic nitrogens is 2. The van der Waals surface area contributed by atoms with E-state index >= 15 is 0 Å². The molecule has 2 aromatic rings. The van der Waals surface area contributed by atoms with Crippen molar-refractivity contribution in [2.24, 2.45) is 0 Å². The fourth-order valence-corrected chi connectivity index (χ4v) is 1.68. The highest BCUT2D eigenvalue weighted by molar-refractivity contribution is 9.09. The summed E-state index contributed by atoms with van der Waals surface area (Å²) in [6.45, 7) is 2.51. The highest BCUT2D eigenvalue weighted by Gasteiger charge is 2.08. The molecule has 1 aromatic heterocycles. The van der Waals surface area contributed by atoms with Crippen LogP contribution < -0.4 is 5.76 Å². The van der Waals surface area contributed by atoms with Crippen LogP contribution in [-0.2, 0) is 6.54 Å². The first-order chi connectivity index (χ1) is 7.70. The molecular formula is C11H11BrN2O2. The molecule has 0 radical (unpaired) electrons. The summed E-state index contributed by atoms with van der Waals surface area (Å²) >= 11 is 3.25. The van der Waals surface area contributed by atoms with E-state index in [2.05, 4.69) is 21.0 Å². The molecular weight excluding hydrogens is 272 g/mol. The van der Waals surface area contributed by atoms with Gasteiger partial charge in [-0.05, 0) is 19.1 Å². The predicted octanol–water partition coefficient (Wildman–Crippen LogP) is 2.21. The van der Waals surface area contributed by atoms with E-state index in [9.17, 15) is 4.79 Å². The van der Waals surface area contributed by atoms with Gasteiger partial charge in [0.05, 0.1) is 6.54 Å². The van der Waals surface area contributed by atoms with Crippen LogP contribution in [0.15, 0.2) is 33.5 Å². The molecule has 0 saturated heterocycles. The molecule has 0 bridgehead atoms. The Morgan fingerprint density at radius 3 is 2.69 bits per heavy atom. The van der Waals surface area contributed by atoms with E-state index in [0.29, 0.717) is 17.8 Å². The average Bonchev–Trinajstić information content (AvgIpc) is 2.62. The van der Waals surface area contributed by atoms with Gasteiger partial charge in [0.2, 0.25) is 5.89 Å². The summed E-state index contributed by atoms with van der Waals surface area (Å²) in [5.41, 5.74) is 1.97. The van der Waals surface area contributed by atoms with Gasteiger partial charge in [0.25, 0.3) is 0 Å². The van der Waals surface area contributed by atoms with Crippen molar-refractivity contribution >= 4 is 15.9 Å². The van der Waals surface area contributed by atoms with Crippen molar-refractivity contribution in [1.29, 1.82) is 0 Å². The van der Waals surface area contributed by atoms with Crippen molar-refractivity contribution in [3.63, 3.8) is 0 Å². The van der Waals surface area contributed by atoms with Crippen LogP contribution in [0.1, 0.15) is 5.56 Å². The molecule has 0 aliphatic carbocycles. The van der Waals surface area contributed by atoms with Crippen molar-refractivity contribution in [3.05, 3.63) is 40.4 Å². The minimum absolute atomic E-state index is 0.367. The lowest BCUT2D eigenvalue weighted by molar-refractivity contribution is 0.492. The number of nitrogens with zero attached hydrogens (tertiary/aromatic N) is 2. The van der Waals surface area contributed by atoms with Crippen molar-refractivity contribution in [3.8, 4) is 11.5 Å². The Morgan fingerprint density at radius 2 is 2.06 bits per heavy atom. The molecule has 84 valence electrons. The number of halogens is 1. The first-order valence-electron chi connectivity index (χ1n) is 4.91. The molecule has 0 N–H and O–H groups in total. The molecule has 16 heavy (non-hydrogen) atoms. The minimum atomic E-state index is -0.421. The van der Waals surface area contributed by atoms with Gasteiger partial charge in [0.15, 0.2) is 0 Å². The minimum Gasteiger partial charge on any atom is -0.388 e. The van der Waals surface area contributed by atoms with Crippen molar-refractivity contribution in [2.45, 2.75) is 13.5 Å². The summed E-state index contributed by atoms with van der Waals surface area (Å²) < 4.78 is 6.38. The Kier molecular flexibility index (Phi) is 3.24. The largest absolute Gasteiger partial charge is 0.437 e. The summed E-state index contributed by atoms with van der Waals surface area (Å²) in [5.74, 6) is -0.0547. The Balaban J connectivity index is 2.37. The fraction of sp³-hybridized carbons (Fsp3) is 0.273. The predicted molar refractivity (Wildman–Crippen MR) is 64.7 cm³/mol. The van der Waals surface area contributed by atoms with Crippen LogP contribution in [0, 0.1) is 6.92 Å². The zero-order chi connectivity index (χ0) is 11.5. The van der Waals surface area contributed by atoms with Crippen molar-refractivity contribution in [1.82, 2.24) is 9.78 Å². The number of aryl methyl sites for hydroxylation is 2. The van der Waals surface area contributed by atoms with Crippen LogP contribution in [0.4, 0.5) is 0 Å². The van der Waals surface area contributed by atoms with Crippen LogP contribution in [0.5, 0.6) is 0 Å². The van der Waals surface area contributed by atoms with Crippen molar-refractivity contribution < 1.29 is 4.42 Å². The van der Waals surface area contributed by atoms with Crippen LogP contribution in [0.3, 0.4) is 0 Å². The van der Waals surface area contributed by atoms with E-state index in [-0.39, 0.29) is 0 Å². The number of alkyl halides is 1. The molecule has 0 spiro atoms. The lowest BCUT2D eigenvalue weighted by atomic mass is 10.1. The third-order valence-corrected chi connectivity index (χ3v) is 2.56. The molecule has 1 heterocycles. The number of hydrogen-bond acceptors (Lipinski definition) is 3. The van der Waals surface area contributed by atoms with Crippen LogP contribution in [0.2, 0.25) is 0 Å². The van der Waals surface area contributed by atoms with Crippen LogP contribution in [0.25, 0.3) is 11.5 Å². The molecule has 0 saturated carbocycles. The van der Waals surface area contributed by atoms with Gasteiger partial charge in [-0.3, -0.25) is 0 Å². The number of rotatable bonds is 3. The maximum absolute atomic E-state index is 11.4. The maximum Gasteiger partial charge on any atom is 0.437 e. The highest BCUT2D eigenvalue weighted by atomic mass is 79.9. The fourth-order valence-electron chi connectivity index (χ4n) is 1.34. The zero-order valence-corrected chi connectivity index (χ0v) is 10.4. The second kappa shape index (κ2) is 4.65. The van der Waals surface area contributed by atoms with Crippen LogP contribution in [-0.4, -0.2) is 15.1 Å². The highest BCUT2D eigenvalue weighted by Crippen LogP contribution is 2.15. The monoisotopic (exact) mass is 282 g/mol. The van der Waals surface area contributed by atoms with Gasteiger partial charge in [-0.15, -0.1) is 5.10 Å². The molecule has 0 atom stereocenters. The third kappa shape index (κ3) is 2.24. The zero-order valence-electron chi connectivity index (χ0n) is 8.81. The molecule has 5 heteroatoms. The molecule has 0 unspecified atom stereocenters. The summed E-state index contributed by atoms with van der Waals surface area (Å²) in [6, 6.07) is 7.69. The van der Waals surface area contributed by atoms with Crippen molar-refractivity contribution in [2.75, 3.05) is 5.33 Å². The van der Waals surface area contributed by atoms with E-state index in [1.54, 1.807) is 0 Å². The molecule has 2 rings (SSSR count). The van der Waals surface area contributed by atoms with Gasteiger partial charge in [-0.25, -0.2) is 4.79 Å². The smallest absolute Gasteiger partial charge is 0.388 e. The van der Waals surface area contributed by atoms with Gasteiger partial charge in [0, 0.05) is 10.9 Å². The molecule has 0 fully saturated rings. The summed E-state index contributed by atoms with van der Waals surface area (Å²) in [5, 5.41) is 4.78.